The second kappa shape index (κ2) is 10.5. The molecule has 0 unspecified atom stereocenters. The predicted molar refractivity (Wildman–Crippen MR) is 122 cm³/mol. The Labute approximate surface area is 198 Å². The third kappa shape index (κ3) is 5.13. The van der Waals surface area contributed by atoms with Crippen LogP contribution in [0.1, 0.15) is 36.5 Å². The van der Waals surface area contributed by atoms with Crippen LogP contribution in [0.2, 0.25) is 0 Å². The van der Waals surface area contributed by atoms with Crippen LogP contribution in [0.5, 0.6) is 28.7 Å². The van der Waals surface area contributed by atoms with Crippen LogP contribution in [0.15, 0.2) is 24.3 Å². The lowest BCUT2D eigenvalue weighted by molar-refractivity contribution is -0.147. The molecule has 0 spiro atoms. The maximum Gasteiger partial charge on any atom is 0.302 e. The Bertz CT molecular complexity index is 1040. The fraction of sp³-hybridized carbons (Fsp3) is 0.440. The van der Waals surface area contributed by atoms with E-state index >= 15 is 0 Å². The average molecular weight is 475 g/mol. The molecule has 0 saturated carbocycles. The van der Waals surface area contributed by atoms with Gasteiger partial charge in [0.05, 0.1) is 34.5 Å². The molecular weight excluding hydrogens is 444 g/mol. The first-order chi connectivity index (χ1) is 16.2. The standard InChI is InChI=1S/C25H30O9/c1-13(26)33-11-17-6-15-7-21(30-3)20(28)10-18(15)24(19(17)12-34-14(2)27)16-8-22(31-4)25(29)23(9-16)32-5/h7-10,17,19,24,28-29H,6,11-12H2,1-5H3/t17-,19-,24-/m0/s1. The summed E-state index contributed by atoms with van der Waals surface area (Å²) < 4.78 is 26.8. The van der Waals surface area contributed by atoms with Crippen LogP contribution in [0.4, 0.5) is 0 Å². The average Bonchev–Trinajstić information content (AvgIpc) is 2.80. The first-order valence-electron chi connectivity index (χ1n) is 10.8. The topological polar surface area (TPSA) is 121 Å². The highest BCUT2D eigenvalue weighted by Crippen LogP contribution is 2.50. The van der Waals surface area contributed by atoms with E-state index in [2.05, 4.69) is 0 Å². The summed E-state index contributed by atoms with van der Waals surface area (Å²) in [6.45, 7) is 2.85. The molecule has 9 nitrogen and oxygen atoms in total. The molecule has 0 aliphatic heterocycles. The van der Waals surface area contributed by atoms with Gasteiger partial charge in [0.1, 0.15) is 0 Å². The van der Waals surface area contributed by atoms with Crippen LogP contribution in [-0.2, 0) is 25.5 Å². The molecule has 184 valence electrons. The van der Waals surface area contributed by atoms with E-state index in [9.17, 15) is 19.8 Å². The fourth-order valence-electron chi connectivity index (χ4n) is 4.57. The van der Waals surface area contributed by atoms with Crippen LogP contribution in [-0.4, -0.2) is 56.7 Å². The quantitative estimate of drug-likeness (QED) is 0.556. The molecule has 0 heterocycles. The summed E-state index contributed by atoms with van der Waals surface area (Å²) in [6, 6.07) is 6.76. The van der Waals surface area contributed by atoms with Gasteiger partial charge in [0.2, 0.25) is 5.75 Å². The molecule has 0 saturated heterocycles. The van der Waals surface area contributed by atoms with Crippen LogP contribution in [0, 0.1) is 11.8 Å². The molecule has 3 rings (SSSR count). The minimum Gasteiger partial charge on any atom is -0.504 e. The summed E-state index contributed by atoms with van der Waals surface area (Å²) in [6.07, 6.45) is 0.508. The smallest absolute Gasteiger partial charge is 0.302 e. The van der Waals surface area contributed by atoms with Crippen LogP contribution in [0.25, 0.3) is 0 Å². The molecule has 1 aliphatic rings. The van der Waals surface area contributed by atoms with Crippen molar-refractivity contribution in [3.63, 3.8) is 0 Å². The van der Waals surface area contributed by atoms with Crippen LogP contribution >= 0.6 is 0 Å². The van der Waals surface area contributed by atoms with Gasteiger partial charge in [0, 0.05) is 31.6 Å². The molecule has 0 aromatic heterocycles. The number of carbonyl (C=O) groups excluding carboxylic acids is 2. The Balaban J connectivity index is 2.23. The van der Waals surface area contributed by atoms with Gasteiger partial charge in [0.15, 0.2) is 23.0 Å². The molecular formula is C25H30O9. The van der Waals surface area contributed by atoms with Crippen molar-refractivity contribution in [2.24, 2.45) is 11.8 Å². The SMILES string of the molecule is COc1cc2c(cc1O)[C@H](c1cc(OC)c(O)c(OC)c1)[C@@H](COC(C)=O)[C@H](COC(C)=O)C2. The minimum absolute atomic E-state index is 0.0337. The van der Waals surface area contributed by atoms with E-state index in [-0.39, 0.29) is 48.0 Å². The molecule has 2 N–H and O–H groups in total. The van der Waals surface area contributed by atoms with E-state index in [0.29, 0.717) is 17.7 Å². The van der Waals surface area contributed by atoms with Crippen LogP contribution < -0.4 is 14.2 Å². The number of hydrogen-bond acceptors (Lipinski definition) is 9. The van der Waals surface area contributed by atoms with E-state index < -0.39 is 17.9 Å². The molecule has 2 aromatic rings. The van der Waals surface area contributed by atoms with Crippen molar-refractivity contribution in [3.05, 3.63) is 41.0 Å². The van der Waals surface area contributed by atoms with Crippen molar-refractivity contribution in [1.29, 1.82) is 0 Å². The lowest BCUT2D eigenvalue weighted by Crippen LogP contribution is -2.37. The van der Waals surface area contributed by atoms with E-state index in [1.54, 1.807) is 24.3 Å². The Hall–Kier alpha value is -3.62. The second-order valence-electron chi connectivity index (χ2n) is 8.21. The molecule has 0 radical (unpaired) electrons. The molecule has 0 amide bonds. The van der Waals surface area contributed by atoms with Crippen molar-refractivity contribution >= 4 is 11.9 Å². The van der Waals surface area contributed by atoms with E-state index in [1.807, 2.05) is 0 Å². The molecule has 0 bridgehead atoms. The molecule has 9 heteroatoms. The maximum absolute atomic E-state index is 11.7. The van der Waals surface area contributed by atoms with E-state index in [4.69, 9.17) is 23.7 Å². The molecule has 0 fully saturated rings. The minimum atomic E-state index is -0.436. The van der Waals surface area contributed by atoms with Gasteiger partial charge in [-0.25, -0.2) is 0 Å². The van der Waals surface area contributed by atoms with Crippen molar-refractivity contribution < 1.29 is 43.5 Å². The summed E-state index contributed by atoms with van der Waals surface area (Å²) in [5, 5.41) is 21.0. The summed E-state index contributed by atoms with van der Waals surface area (Å²) in [5.74, 6) is -1.22. The van der Waals surface area contributed by atoms with Gasteiger partial charge in [-0.05, 0) is 47.4 Å². The lowest BCUT2D eigenvalue weighted by Gasteiger charge is -2.39. The third-order valence-electron chi connectivity index (χ3n) is 6.13. The number of esters is 2. The Morgan fingerprint density at radius 3 is 1.94 bits per heavy atom. The largest absolute Gasteiger partial charge is 0.504 e. The summed E-state index contributed by atoms with van der Waals surface area (Å²) in [4.78, 5) is 23.3. The molecule has 3 atom stereocenters. The van der Waals surface area contributed by atoms with Gasteiger partial charge in [-0.2, -0.15) is 0 Å². The maximum atomic E-state index is 11.7. The highest BCUT2D eigenvalue weighted by molar-refractivity contribution is 5.66. The van der Waals surface area contributed by atoms with Gasteiger partial charge < -0.3 is 33.9 Å². The summed E-state index contributed by atoms with van der Waals surface area (Å²) in [5.41, 5.74) is 2.40. The molecule has 2 aromatic carbocycles. The predicted octanol–water partition coefficient (Wildman–Crippen LogP) is 3.17. The number of rotatable bonds is 8. The number of hydrogen-bond donors (Lipinski definition) is 2. The van der Waals surface area contributed by atoms with E-state index in [0.717, 1.165) is 11.1 Å². The first-order valence-corrected chi connectivity index (χ1v) is 10.8. The Kier molecular flexibility index (Phi) is 7.75. The van der Waals surface area contributed by atoms with Crippen molar-refractivity contribution in [3.8, 4) is 28.7 Å². The summed E-state index contributed by atoms with van der Waals surface area (Å²) in [7, 11) is 4.34. The van der Waals surface area contributed by atoms with Crippen LogP contribution in [0.3, 0.4) is 0 Å². The molecule has 1 aliphatic carbocycles. The first kappa shape index (κ1) is 25.0. The monoisotopic (exact) mass is 474 g/mol. The lowest BCUT2D eigenvalue weighted by atomic mass is 9.66. The number of benzene rings is 2. The zero-order valence-corrected chi connectivity index (χ0v) is 19.9. The number of ether oxygens (including phenoxy) is 5. The highest BCUT2D eigenvalue weighted by atomic mass is 16.5. The fourth-order valence-corrected chi connectivity index (χ4v) is 4.57. The Morgan fingerprint density at radius 2 is 1.41 bits per heavy atom. The zero-order chi connectivity index (χ0) is 25.0. The number of fused-ring (bicyclic) bond motifs is 1. The second-order valence-corrected chi connectivity index (χ2v) is 8.21. The van der Waals surface area contributed by atoms with Crippen molar-refractivity contribution in [1.82, 2.24) is 0 Å². The number of carbonyl (C=O) groups is 2. The number of phenolic OH excluding ortho intramolecular Hbond substituents is 2. The van der Waals surface area contributed by atoms with Gasteiger partial charge in [0.25, 0.3) is 0 Å². The highest BCUT2D eigenvalue weighted by Gasteiger charge is 2.40. The van der Waals surface area contributed by atoms with Gasteiger partial charge in [-0.1, -0.05) is 0 Å². The van der Waals surface area contributed by atoms with E-state index in [1.165, 1.54) is 35.2 Å². The summed E-state index contributed by atoms with van der Waals surface area (Å²) >= 11 is 0. The number of methoxy groups -OCH3 is 3. The normalized spacial score (nSPS) is 19.0. The van der Waals surface area contributed by atoms with Gasteiger partial charge >= 0.3 is 11.9 Å². The van der Waals surface area contributed by atoms with Gasteiger partial charge in [-0.15, -0.1) is 0 Å². The molecule has 34 heavy (non-hydrogen) atoms. The zero-order valence-electron chi connectivity index (χ0n) is 19.9. The van der Waals surface area contributed by atoms with Gasteiger partial charge in [-0.3, -0.25) is 9.59 Å². The van der Waals surface area contributed by atoms with Crippen molar-refractivity contribution in [2.75, 3.05) is 34.5 Å². The third-order valence-corrected chi connectivity index (χ3v) is 6.13. The number of phenols is 2. The number of aromatic hydroxyl groups is 2. The van der Waals surface area contributed by atoms with Crippen molar-refractivity contribution in [2.45, 2.75) is 26.2 Å². The Morgan fingerprint density at radius 1 is 0.853 bits per heavy atom.